The monoisotopic (exact) mass is 349 g/mol. The standard InChI is InChI=1S/C18H27N3O4/c1-15(18(23)24-2)14-21(17(22)16-5-3-6-19-13-16)8-4-7-20-9-11-25-12-10-20/h3,5-6,13,15H,4,7-12,14H2,1-2H3. The van der Waals surface area contributed by atoms with Crippen molar-refractivity contribution in [2.75, 3.05) is 53.0 Å². The molecule has 1 atom stereocenters. The molecule has 2 rings (SSSR count). The van der Waals surface area contributed by atoms with Crippen molar-refractivity contribution in [3.8, 4) is 0 Å². The lowest BCUT2D eigenvalue weighted by Crippen LogP contribution is -2.41. The lowest BCUT2D eigenvalue weighted by atomic mass is 10.1. The van der Waals surface area contributed by atoms with E-state index < -0.39 is 0 Å². The molecule has 1 aliphatic rings. The molecule has 1 saturated heterocycles. The Labute approximate surface area is 148 Å². The van der Waals surface area contributed by atoms with E-state index >= 15 is 0 Å². The number of rotatable bonds is 8. The molecule has 1 aromatic heterocycles. The molecule has 0 saturated carbocycles. The molecule has 1 aliphatic heterocycles. The molecule has 138 valence electrons. The molecule has 0 radical (unpaired) electrons. The van der Waals surface area contributed by atoms with Crippen LogP contribution in [0.15, 0.2) is 24.5 Å². The number of ether oxygens (including phenoxy) is 2. The van der Waals surface area contributed by atoms with Gasteiger partial charge in [0.2, 0.25) is 0 Å². The smallest absolute Gasteiger partial charge is 0.310 e. The Morgan fingerprint density at radius 1 is 1.40 bits per heavy atom. The second-order valence-electron chi connectivity index (χ2n) is 6.22. The largest absolute Gasteiger partial charge is 0.469 e. The molecular weight excluding hydrogens is 322 g/mol. The molecule has 0 aliphatic carbocycles. The lowest BCUT2D eigenvalue weighted by Gasteiger charge is -2.29. The highest BCUT2D eigenvalue weighted by Gasteiger charge is 2.23. The van der Waals surface area contributed by atoms with Gasteiger partial charge in [0.05, 0.1) is 31.8 Å². The van der Waals surface area contributed by atoms with Crippen LogP contribution in [0.3, 0.4) is 0 Å². The van der Waals surface area contributed by atoms with Crippen LogP contribution in [0.5, 0.6) is 0 Å². The molecule has 1 aromatic rings. The number of esters is 1. The highest BCUT2D eigenvalue weighted by molar-refractivity contribution is 5.94. The van der Waals surface area contributed by atoms with Crippen LogP contribution in [0.4, 0.5) is 0 Å². The van der Waals surface area contributed by atoms with E-state index in [9.17, 15) is 9.59 Å². The van der Waals surface area contributed by atoms with Crippen molar-refractivity contribution in [2.45, 2.75) is 13.3 Å². The van der Waals surface area contributed by atoms with Crippen molar-refractivity contribution in [2.24, 2.45) is 5.92 Å². The quantitative estimate of drug-likeness (QED) is 0.654. The zero-order valence-corrected chi connectivity index (χ0v) is 15.0. The third-order valence-electron chi connectivity index (χ3n) is 4.30. The summed E-state index contributed by atoms with van der Waals surface area (Å²) >= 11 is 0. The van der Waals surface area contributed by atoms with Gasteiger partial charge in [-0.1, -0.05) is 6.92 Å². The summed E-state index contributed by atoms with van der Waals surface area (Å²) in [5.74, 6) is -0.781. The number of carbonyl (C=O) groups excluding carboxylic acids is 2. The molecule has 0 spiro atoms. The molecule has 2 heterocycles. The summed E-state index contributed by atoms with van der Waals surface area (Å²) in [6.07, 6.45) is 4.04. The van der Waals surface area contributed by atoms with Gasteiger partial charge in [-0.25, -0.2) is 0 Å². The van der Waals surface area contributed by atoms with Gasteiger partial charge in [-0.05, 0) is 18.6 Å². The Bertz CT molecular complexity index is 547. The second-order valence-corrected chi connectivity index (χ2v) is 6.22. The van der Waals surface area contributed by atoms with Crippen LogP contribution in [-0.2, 0) is 14.3 Å². The molecule has 7 heteroatoms. The van der Waals surface area contributed by atoms with Crippen LogP contribution in [0.1, 0.15) is 23.7 Å². The van der Waals surface area contributed by atoms with E-state index in [0.29, 0.717) is 18.7 Å². The van der Waals surface area contributed by atoms with Crippen LogP contribution in [0.2, 0.25) is 0 Å². The molecule has 0 bridgehead atoms. The highest BCUT2D eigenvalue weighted by atomic mass is 16.5. The number of hydrogen-bond acceptors (Lipinski definition) is 6. The third kappa shape index (κ3) is 6.10. The van der Waals surface area contributed by atoms with Crippen molar-refractivity contribution in [3.05, 3.63) is 30.1 Å². The zero-order chi connectivity index (χ0) is 18.1. The molecule has 1 fully saturated rings. The fourth-order valence-electron chi connectivity index (χ4n) is 2.86. The fraction of sp³-hybridized carbons (Fsp3) is 0.611. The van der Waals surface area contributed by atoms with Gasteiger partial charge in [0.1, 0.15) is 0 Å². The van der Waals surface area contributed by atoms with E-state index in [2.05, 4.69) is 9.88 Å². The summed E-state index contributed by atoms with van der Waals surface area (Å²) in [5, 5.41) is 0. The van der Waals surface area contributed by atoms with Gasteiger partial charge >= 0.3 is 5.97 Å². The van der Waals surface area contributed by atoms with E-state index in [1.807, 2.05) is 0 Å². The Morgan fingerprint density at radius 3 is 2.80 bits per heavy atom. The summed E-state index contributed by atoms with van der Waals surface area (Å²) < 4.78 is 10.1. The Kier molecular flexibility index (Phi) is 7.81. The van der Waals surface area contributed by atoms with Crippen molar-refractivity contribution in [1.82, 2.24) is 14.8 Å². The third-order valence-corrected chi connectivity index (χ3v) is 4.30. The Morgan fingerprint density at radius 2 is 2.16 bits per heavy atom. The minimum atomic E-state index is -0.367. The van der Waals surface area contributed by atoms with Gasteiger partial charge < -0.3 is 14.4 Å². The normalized spacial score (nSPS) is 16.2. The Hall–Kier alpha value is -1.99. The molecule has 7 nitrogen and oxygen atoms in total. The Balaban J connectivity index is 1.95. The minimum absolute atomic E-state index is 0.106. The first-order chi connectivity index (χ1) is 12.1. The number of pyridine rings is 1. The summed E-state index contributed by atoms with van der Waals surface area (Å²) in [6, 6.07) is 3.48. The van der Waals surface area contributed by atoms with E-state index in [1.54, 1.807) is 36.4 Å². The van der Waals surface area contributed by atoms with Gasteiger partial charge in [0.15, 0.2) is 0 Å². The second kappa shape index (κ2) is 10.1. The summed E-state index contributed by atoms with van der Waals surface area (Å²) in [4.78, 5) is 32.6. The van der Waals surface area contributed by atoms with Gasteiger partial charge in [-0.15, -0.1) is 0 Å². The molecular formula is C18H27N3O4. The average Bonchev–Trinajstić information content (AvgIpc) is 2.67. The number of methoxy groups -OCH3 is 1. The van der Waals surface area contributed by atoms with Crippen LogP contribution >= 0.6 is 0 Å². The minimum Gasteiger partial charge on any atom is -0.469 e. The molecule has 1 unspecified atom stereocenters. The summed E-state index contributed by atoms with van der Waals surface area (Å²) in [6.45, 7) is 6.99. The number of amides is 1. The van der Waals surface area contributed by atoms with Crippen LogP contribution < -0.4 is 0 Å². The lowest BCUT2D eigenvalue weighted by molar-refractivity contribution is -0.145. The number of morpholine rings is 1. The van der Waals surface area contributed by atoms with Gasteiger partial charge in [0.25, 0.3) is 5.91 Å². The van der Waals surface area contributed by atoms with E-state index in [0.717, 1.165) is 39.3 Å². The van der Waals surface area contributed by atoms with Crippen molar-refractivity contribution in [1.29, 1.82) is 0 Å². The fourth-order valence-corrected chi connectivity index (χ4v) is 2.86. The van der Waals surface area contributed by atoms with Crippen molar-refractivity contribution < 1.29 is 19.1 Å². The van der Waals surface area contributed by atoms with Gasteiger partial charge in [-0.3, -0.25) is 19.5 Å². The van der Waals surface area contributed by atoms with E-state index in [4.69, 9.17) is 9.47 Å². The van der Waals surface area contributed by atoms with Crippen LogP contribution in [0.25, 0.3) is 0 Å². The molecule has 25 heavy (non-hydrogen) atoms. The van der Waals surface area contributed by atoms with Crippen LogP contribution in [-0.4, -0.2) is 79.7 Å². The van der Waals surface area contributed by atoms with Gasteiger partial charge in [-0.2, -0.15) is 0 Å². The highest BCUT2D eigenvalue weighted by Crippen LogP contribution is 2.10. The zero-order valence-electron chi connectivity index (χ0n) is 15.0. The maximum absolute atomic E-state index is 12.8. The maximum atomic E-state index is 12.8. The van der Waals surface area contributed by atoms with Gasteiger partial charge in [0, 0.05) is 45.1 Å². The molecule has 0 aromatic carbocycles. The predicted octanol–water partition coefficient (Wildman–Crippen LogP) is 1.06. The predicted molar refractivity (Wildman–Crippen MR) is 93.2 cm³/mol. The SMILES string of the molecule is COC(=O)C(C)CN(CCCN1CCOCC1)C(=O)c1cccnc1. The average molecular weight is 349 g/mol. The number of carbonyl (C=O) groups is 2. The topological polar surface area (TPSA) is 72.0 Å². The summed E-state index contributed by atoms with van der Waals surface area (Å²) in [7, 11) is 1.37. The van der Waals surface area contributed by atoms with Crippen molar-refractivity contribution in [3.63, 3.8) is 0 Å². The number of aromatic nitrogens is 1. The maximum Gasteiger partial charge on any atom is 0.310 e. The first kappa shape index (κ1) is 19.3. The van der Waals surface area contributed by atoms with Crippen LogP contribution in [0, 0.1) is 5.92 Å². The van der Waals surface area contributed by atoms with Crippen molar-refractivity contribution >= 4 is 11.9 Å². The number of nitrogens with zero attached hydrogens (tertiary/aromatic N) is 3. The molecule has 0 N–H and O–H groups in total. The summed E-state index contributed by atoms with van der Waals surface area (Å²) in [5.41, 5.74) is 0.533. The first-order valence-electron chi connectivity index (χ1n) is 8.69. The van der Waals surface area contributed by atoms with E-state index in [-0.39, 0.29) is 17.8 Å². The van der Waals surface area contributed by atoms with E-state index in [1.165, 1.54) is 7.11 Å². The molecule has 1 amide bonds. The first-order valence-corrected chi connectivity index (χ1v) is 8.69. The number of hydrogen-bond donors (Lipinski definition) is 0.